The van der Waals surface area contributed by atoms with Crippen LogP contribution in [-0.2, 0) is 11.2 Å². The second-order valence-electron chi connectivity index (χ2n) is 4.55. The van der Waals surface area contributed by atoms with Crippen molar-refractivity contribution < 1.29 is 4.74 Å². The van der Waals surface area contributed by atoms with Crippen molar-refractivity contribution in [3.8, 4) is 0 Å². The van der Waals surface area contributed by atoms with Crippen LogP contribution in [-0.4, -0.2) is 30.3 Å². The molecule has 104 valence electrons. The Morgan fingerprint density at radius 2 is 2.17 bits per heavy atom. The largest absolute Gasteiger partial charge is 0.377 e. The molecule has 1 rings (SSSR count). The summed E-state index contributed by atoms with van der Waals surface area (Å²) in [7, 11) is 0. The van der Waals surface area contributed by atoms with Crippen molar-refractivity contribution in [3.05, 3.63) is 16.1 Å². The lowest BCUT2D eigenvalue weighted by Crippen LogP contribution is -2.43. The zero-order chi connectivity index (χ0) is 13.4. The van der Waals surface area contributed by atoms with Gasteiger partial charge < -0.3 is 10.1 Å². The third kappa shape index (κ3) is 5.04. The molecule has 0 aromatic carbocycles. The SMILES string of the molecule is CCCNC(Cc1nc(C)cs1)C(CC)OCC. The topological polar surface area (TPSA) is 34.2 Å². The number of nitrogens with zero attached hydrogens (tertiary/aromatic N) is 1. The van der Waals surface area contributed by atoms with E-state index in [1.807, 2.05) is 6.92 Å². The molecular formula is C14H26N2OS. The minimum Gasteiger partial charge on any atom is -0.377 e. The summed E-state index contributed by atoms with van der Waals surface area (Å²) in [5.74, 6) is 0. The monoisotopic (exact) mass is 270 g/mol. The third-order valence-electron chi connectivity index (χ3n) is 2.95. The van der Waals surface area contributed by atoms with Gasteiger partial charge in [-0.05, 0) is 33.2 Å². The number of hydrogen-bond acceptors (Lipinski definition) is 4. The van der Waals surface area contributed by atoms with Gasteiger partial charge in [-0.1, -0.05) is 13.8 Å². The fourth-order valence-electron chi connectivity index (χ4n) is 2.08. The standard InChI is InChI=1S/C14H26N2OS/c1-5-8-15-12(13(6-2)17-7-3)9-14-16-11(4)10-18-14/h10,12-13,15H,5-9H2,1-4H3. The van der Waals surface area contributed by atoms with Crippen molar-refractivity contribution in [1.82, 2.24) is 10.3 Å². The van der Waals surface area contributed by atoms with E-state index in [-0.39, 0.29) is 6.10 Å². The average molecular weight is 270 g/mol. The van der Waals surface area contributed by atoms with E-state index in [4.69, 9.17) is 4.74 Å². The van der Waals surface area contributed by atoms with E-state index in [0.717, 1.165) is 38.1 Å². The molecule has 1 aromatic rings. The number of aryl methyl sites for hydroxylation is 1. The van der Waals surface area contributed by atoms with Gasteiger partial charge in [-0.2, -0.15) is 0 Å². The Morgan fingerprint density at radius 1 is 1.39 bits per heavy atom. The van der Waals surface area contributed by atoms with Gasteiger partial charge in [-0.3, -0.25) is 0 Å². The fourth-order valence-corrected chi connectivity index (χ4v) is 2.91. The Balaban J connectivity index is 2.63. The van der Waals surface area contributed by atoms with Gasteiger partial charge in [-0.25, -0.2) is 4.98 Å². The van der Waals surface area contributed by atoms with E-state index in [0.29, 0.717) is 6.04 Å². The molecule has 1 heterocycles. The first kappa shape index (κ1) is 15.6. The molecule has 0 amide bonds. The smallest absolute Gasteiger partial charge is 0.0944 e. The number of aromatic nitrogens is 1. The number of rotatable bonds is 9. The lowest BCUT2D eigenvalue weighted by molar-refractivity contribution is 0.0319. The van der Waals surface area contributed by atoms with Crippen LogP contribution in [0.5, 0.6) is 0 Å². The summed E-state index contributed by atoms with van der Waals surface area (Å²) < 4.78 is 5.84. The van der Waals surface area contributed by atoms with Gasteiger partial charge in [0.1, 0.15) is 0 Å². The van der Waals surface area contributed by atoms with Crippen molar-refractivity contribution >= 4 is 11.3 Å². The Kier molecular flexibility index (Phi) is 7.47. The van der Waals surface area contributed by atoms with Crippen molar-refractivity contribution in [3.63, 3.8) is 0 Å². The first-order chi connectivity index (χ1) is 8.71. The van der Waals surface area contributed by atoms with E-state index < -0.39 is 0 Å². The highest BCUT2D eigenvalue weighted by atomic mass is 32.1. The molecule has 3 nitrogen and oxygen atoms in total. The molecule has 0 saturated heterocycles. The van der Waals surface area contributed by atoms with E-state index >= 15 is 0 Å². The number of hydrogen-bond donors (Lipinski definition) is 1. The van der Waals surface area contributed by atoms with E-state index in [1.165, 1.54) is 5.01 Å². The molecule has 0 aliphatic heterocycles. The molecule has 2 atom stereocenters. The van der Waals surface area contributed by atoms with Gasteiger partial charge in [0.2, 0.25) is 0 Å². The molecular weight excluding hydrogens is 244 g/mol. The first-order valence-corrected chi connectivity index (χ1v) is 7.85. The van der Waals surface area contributed by atoms with Crippen molar-refractivity contribution in [2.24, 2.45) is 0 Å². The maximum absolute atomic E-state index is 5.84. The average Bonchev–Trinajstić information content (AvgIpc) is 2.77. The van der Waals surface area contributed by atoms with E-state index in [9.17, 15) is 0 Å². The molecule has 1 N–H and O–H groups in total. The Bertz CT molecular complexity index is 327. The van der Waals surface area contributed by atoms with Crippen LogP contribution in [0.25, 0.3) is 0 Å². The molecule has 0 bridgehead atoms. The highest BCUT2D eigenvalue weighted by molar-refractivity contribution is 7.09. The molecule has 0 aliphatic carbocycles. The molecule has 0 spiro atoms. The predicted molar refractivity (Wildman–Crippen MR) is 78.3 cm³/mol. The van der Waals surface area contributed by atoms with Crippen molar-refractivity contribution in [2.75, 3.05) is 13.2 Å². The maximum atomic E-state index is 5.84. The van der Waals surface area contributed by atoms with Crippen LogP contribution in [0.4, 0.5) is 0 Å². The van der Waals surface area contributed by atoms with Crippen LogP contribution < -0.4 is 5.32 Å². The Hall–Kier alpha value is -0.450. The van der Waals surface area contributed by atoms with Gasteiger partial charge in [0, 0.05) is 30.1 Å². The first-order valence-electron chi connectivity index (χ1n) is 6.97. The maximum Gasteiger partial charge on any atom is 0.0944 e. The Labute approximate surface area is 115 Å². The zero-order valence-electron chi connectivity index (χ0n) is 12.0. The van der Waals surface area contributed by atoms with Gasteiger partial charge in [0.25, 0.3) is 0 Å². The highest BCUT2D eigenvalue weighted by Crippen LogP contribution is 2.15. The van der Waals surface area contributed by atoms with Crippen molar-refractivity contribution in [2.45, 2.75) is 59.1 Å². The minimum atomic E-state index is 0.283. The highest BCUT2D eigenvalue weighted by Gasteiger charge is 2.21. The van der Waals surface area contributed by atoms with Gasteiger partial charge in [0.15, 0.2) is 0 Å². The summed E-state index contributed by atoms with van der Waals surface area (Å²) in [4.78, 5) is 4.56. The quantitative estimate of drug-likeness (QED) is 0.748. The van der Waals surface area contributed by atoms with Gasteiger partial charge >= 0.3 is 0 Å². The second kappa shape index (κ2) is 8.62. The Morgan fingerprint density at radius 3 is 2.67 bits per heavy atom. The number of ether oxygens (including phenoxy) is 1. The van der Waals surface area contributed by atoms with E-state index in [2.05, 4.69) is 36.5 Å². The van der Waals surface area contributed by atoms with E-state index in [1.54, 1.807) is 11.3 Å². The fraction of sp³-hybridized carbons (Fsp3) is 0.786. The lowest BCUT2D eigenvalue weighted by Gasteiger charge is -2.26. The third-order valence-corrected chi connectivity index (χ3v) is 3.94. The van der Waals surface area contributed by atoms with Crippen LogP contribution in [0, 0.1) is 6.92 Å². The summed E-state index contributed by atoms with van der Waals surface area (Å²) in [5, 5.41) is 6.93. The summed E-state index contributed by atoms with van der Waals surface area (Å²) in [6.07, 6.45) is 3.44. The molecule has 0 aliphatic rings. The molecule has 0 radical (unpaired) electrons. The summed E-state index contributed by atoms with van der Waals surface area (Å²) in [6, 6.07) is 0.375. The van der Waals surface area contributed by atoms with Gasteiger partial charge in [0.05, 0.1) is 11.1 Å². The van der Waals surface area contributed by atoms with Crippen LogP contribution >= 0.6 is 11.3 Å². The molecule has 0 saturated carbocycles. The molecule has 2 unspecified atom stereocenters. The summed E-state index contributed by atoms with van der Waals surface area (Å²) in [6.45, 7) is 10.3. The number of thiazole rings is 1. The van der Waals surface area contributed by atoms with Crippen LogP contribution in [0.3, 0.4) is 0 Å². The van der Waals surface area contributed by atoms with Crippen LogP contribution in [0.1, 0.15) is 44.3 Å². The molecule has 4 heteroatoms. The normalized spacial score (nSPS) is 14.7. The van der Waals surface area contributed by atoms with Gasteiger partial charge in [-0.15, -0.1) is 11.3 Å². The summed E-state index contributed by atoms with van der Waals surface area (Å²) >= 11 is 1.75. The zero-order valence-corrected chi connectivity index (χ0v) is 12.8. The lowest BCUT2D eigenvalue weighted by atomic mass is 10.1. The molecule has 1 aromatic heterocycles. The van der Waals surface area contributed by atoms with Crippen molar-refractivity contribution in [1.29, 1.82) is 0 Å². The van der Waals surface area contributed by atoms with Crippen LogP contribution in [0.2, 0.25) is 0 Å². The van der Waals surface area contributed by atoms with Crippen LogP contribution in [0.15, 0.2) is 5.38 Å². The second-order valence-corrected chi connectivity index (χ2v) is 5.49. The predicted octanol–water partition coefficient (Wildman–Crippen LogP) is 3.18. The minimum absolute atomic E-state index is 0.283. The molecule has 0 fully saturated rings. The molecule has 18 heavy (non-hydrogen) atoms. The summed E-state index contributed by atoms with van der Waals surface area (Å²) in [5.41, 5.74) is 1.12. The number of nitrogens with one attached hydrogen (secondary N) is 1.